The highest BCUT2D eigenvalue weighted by atomic mass is 35.5. The molecule has 5 nitrogen and oxygen atoms in total. The van der Waals surface area contributed by atoms with Crippen molar-refractivity contribution < 1.29 is 13.2 Å². The maximum atomic E-state index is 11.6. The largest absolute Gasteiger partial charge is 0.351 e. The van der Waals surface area contributed by atoms with Gasteiger partial charge in [0.1, 0.15) is 4.90 Å². The number of halogens is 1. The second kappa shape index (κ2) is 4.08. The molecule has 2 amide bonds. The van der Waals surface area contributed by atoms with Crippen molar-refractivity contribution in [2.24, 2.45) is 5.73 Å². The van der Waals surface area contributed by atoms with E-state index in [4.69, 9.17) is 17.3 Å². The van der Waals surface area contributed by atoms with Crippen LogP contribution in [0.4, 0.5) is 4.79 Å². The lowest BCUT2D eigenvalue weighted by Crippen LogP contribution is -2.35. The van der Waals surface area contributed by atoms with Gasteiger partial charge in [0.2, 0.25) is 0 Å². The van der Waals surface area contributed by atoms with Gasteiger partial charge in [-0.25, -0.2) is 17.9 Å². The number of carbonyl (C=O) groups is 1. The summed E-state index contributed by atoms with van der Waals surface area (Å²) < 4.78 is 24.8. The van der Waals surface area contributed by atoms with Crippen LogP contribution in [0.25, 0.3) is 0 Å². The monoisotopic (exact) mass is 248 g/mol. The number of amides is 2. The first-order valence-corrected chi connectivity index (χ1v) is 5.78. The molecule has 0 radical (unpaired) electrons. The van der Waals surface area contributed by atoms with E-state index in [2.05, 4.69) is 0 Å². The highest BCUT2D eigenvalue weighted by molar-refractivity contribution is 7.90. The van der Waals surface area contributed by atoms with Crippen LogP contribution < -0.4 is 10.5 Å². The van der Waals surface area contributed by atoms with Crippen LogP contribution in [0.15, 0.2) is 23.1 Å². The lowest BCUT2D eigenvalue weighted by atomic mass is 10.2. The van der Waals surface area contributed by atoms with E-state index in [9.17, 15) is 13.2 Å². The molecule has 0 aliphatic rings. The number of nitrogens with one attached hydrogen (secondary N) is 1. The Morgan fingerprint density at radius 2 is 2.07 bits per heavy atom. The Kier molecular flexibility index (Phi) is 3.21. The second-order valence-corrected chi connectivity index (χ2v) is 4.88. The van der Waals surface area contributed by atoms with Crippen LogP contribution >= 0.6 is 11.6 Å². The van der Waals surface area contributed by atoms with Gasteiger partial charge in [-0.3, -0.25) is 0 Å². The highest BCUT2D eigenvalue weighted by Gasteiger charge is 2.21. The van der Waals surface area contributed by atoms with E-state index in [1.54, 1.807) is 23.8 Å². The molecule has 82 valence electrons. The number of nitrogens with two attached hydrogens (primary N) is 1. The summed E-state index contributed by atoms with van der Waals surface area (Å²) in [5.41, 5.74) is 5.18. The second-order valence-electron chi connectivity index (χ2n) is 2.86. The van der Waals surface area contributed by atoms with E-state index in [1.165, 1.54) is 6.07 Å². The van der Waals surface area contributed by atoms with Crippen LogP contribution in [0.2, 0.25) is 5.02 Å². The summed E-state index contributed by atoms with van der Waals surface area (Å²) in [4.78, 5) is 10.4. The van der Waals surface area contributed by atoms with Crippen molar-refractivity contribution in [2.75, 3.05) is 0 Å². The van der Waals surface area contributed by atoms with E-state index in [0.29, 0.717) is 5.56 Å². The number of aryl methyl sites for hydroxylation is 1. The molecule has 0 spiro atoms. The molecule has 0 unspecified atom stereocenters. The third kappa shape index (κ3) is 2.60. The minimum Gasteiger partial charge on any atom is -0.351 e. The number of urea groups is 1. The van der Waals surface area contributed by atoms with Gasteiger partial charge in [-0.2, -0.15) is 0 Å². The standard InChI is InChI=1S/C8H9ClN2O3S/c1-5-3-2-4-6(9)7(5)15(13,14)11-8(10)12/h2-4H,1H3,(H3,10,11,12). The van der Waals surface area contributed by atoms with Gasteiger partial charge in [0.25, 0.3) is 10.0 Å². The lowest BCUT2D eigenvalue weighted by Gasteiger charge is -2.08. The van der Waals surface area contributed by atoms with Gasteiger partial charge in [0, 0.05) is 0 Å². The third-order valence-corrected chi connectivity index (χ3v) is 3.64. The molecule has 3 N–H and O–H groups in total. The van der Waals surface area contributed by atoms with Gasteiger partial charge in [-0.05, 0) is 18.6 Å². The van der Waals surface area contributed by atoms with E-state index in [-0.39, 0.29) is 9.92 Å². The van der Waals surface area contributed by atoms with E-state index < -0.39 is 16.1 Å². The summed E-state index contributed by atoms with van der Waals surface area (Å²) in [6, 6.07) is 3.46. The van der Waals surface area contributed by atoms with E-state index in [1.807, 2.05) is 0 Å². The Balaban J connectivity index is 3.33. The number of hydrogen-bond donors (Lipinski definition) is 2. The zero-order chi connectivity index (χ0) is 11.6. The van der Waals surface area contributed by atoms with Crippen molar-refractivity contribution in [3.05, 3.63) is 28.8 Å². The first kappa shape index (κ1) is 11.8. The van der Waals surface area contributed by atoms with Crippen LogP contribution in [0, 0.1) is 6.92 Å². The molecule has 1 aromatic carbocycles. The summed E-state index contributed by atoms with van der Waals surface area (Å²) in [6.07, 6.45) is 0. The van der Waals surface area contributed by atoms with E-state index >= 15 is 0 Å². The third-order valence-electron chi connectivity index (χ3n) is 1.67. The fourth-order valence-corrected chi connectivity index (χ4v) is 2.85. The number of primary amides is 1. The van der Waals surface area contributed by atoms with Crippen LogP contribution in [-0.2, 0) is 10.0 Å². The molecule has 0 aromatic heterocycles. The van der Waals surface area contributed by atoms with E-state index in [0.717, 1.165) is 0 Å². The molecule has 0 aliphatic carbocycles. The van der Waals surface area contributed by atoms with Crippen LogP contribution in [0.5, 0.6) is 0 Å². The van der Waals surface area contributed by atoms with Gasteiger partial charge in [-0.1, -0.05) is 23.7 Å². The van der Waals surface area contributed by atoms with Gasteiger partial charge >= 0.3 is 6.03 Å². The SMILES string of the molecule is Cc1cccc(Cl)c1S(=O)(=O)NC(N)=O. The normalized spacial score (nSPS) is 11.1. The number of rotatable bonds is 2. The molecular weight excluding hydrogens is 240 g/mol. The quantitative estimate of drug-likeness (QED) is 0.818. The van der Waals surface area contributed by atoms with Crippen molar-refractivity contribution in [3.63, 3.8) is 0 Å². The van der Waals surface area contributed by atoms with Crippen molar-refractivity contribution in [1.29, 1.82) is 0 Å². The predicted molar refractivity (Wildman–Crippen MR) is 56.1 cm³/mol. The number of hydrogen-bond acceptors (Lipinski definition) is 3. The van der Waals surface area contributed by atoms with Crippen molar-refractivity contribution in [2.45, 2.75) is 11.8 Å². The van der Waals surface area contributed by atoms with Crippen molar-refractivity contribution in [1.82, 2.24) is 4.72 Å². The van der Waals surface area contributed by atoms with Gasteiger partial charge in [-0.15, -0.1) is 0 Å². The van der Waals surface area contributed by atoms with Gasteiger partial charge < -0.3 is 5.73 Å². The maximum absolute atomic E-state index is 11.6. The van der Waals surface area contributed by atoms with Crippen LogP contribution in [0.3, 0.4) is 0 Å². The molecule has 7 heteroatoms. The smallest absolute Gasteiger partial charge is 0.326 e. The first-order valence-electron chi connectivity index (χ1n) is 3.92. The number of sulfonamides is 1. The van der Waals surface area contributed by atoms with Crippen molar-refractivity contribution in [3.8, 4) is 0 Å². The molecule has 0 heterocycles. The minimum absolute atomic E-state index is 0.0451. The fourth-order valence-electron chi connectivity index (χ4n) is 1.14. The Labute approximate surface area is 92.3 Å². The van der Waals surface area contributed by atoms with Gasteiger partial charge in [0.15, 0.2) is 0 Å². The summed E-state index contributed by atoms with van der Waals surface area (Å²) >= 11 is 5.73. The average molecular weight is 249 g/mol. The molecule has 0 atom stereocenters. The molecule has 0 saturated heterocycles. The van der Waals surface area contributed by atoms with Crippen molar-refractivity contribution >= 4 is 27.7 Å². The summed E-state index contributed by atoms with van der Waals surface area (Å²) in [5.74, 6) is 0. The highest BCUT2D eigenvalue weighted by Crippen LogP contribution is 2.24. The average Bonchev–Trinajstić information content (AvgIpc) is 1.99. The van der Waals surface area contributed by atoms with Gasteiger partial charge in [0.05, 0.1) is 5.02 Å². The Bertz CT molecular complexity index is 478. The molecular formula is C8H9ClN2O3S. The Morgan fingerprint density at radius 3 is 2.53 bits per heavy atom. The topological polar surface area (TPSA) is 89.3 Å². The number of benzene rings is 1. The molecule has 1 rings (SSSR count). The van der Waals surface area contributed by atoms with Crippen LogP contribution in [-0.4, -0.2) is 14.4 Å². The Morgan fingerprint density at radius 1 is 1.47 bits per heavy atom. The fraction of sp³-hybridized carbons (Fsp3) is 0.125. The molecule has 0 aliphatic heterocycles. The number of carbonyl (C=O) groups excluding carboxylic acids is 1. The molecule has 0 saturated carbocycles. The molecule has 1 aromatic rings. The summed E-state index contributed by atoms with van der Waals surface area (Å²) in [7, 11) is -3.98. The minimum atomic E-state index is -3.98. The maximum Gasteiger partial charge on any atom is 0.326 e. The first-order chi connectivity index (χ1) is 6.84. The lowest BCUT2D eigenvalue weighted by molar-refractivity contribution is 0.253. The predicted octanol–water partition coefficient (Wildman–Crippen LogP) is 1.01. The molecule has 15 heavy (non-hydrogen) atoms. The Hall–Kier alpha value is -1.27. The summed E-state index contributed by atoms with van der Waals surface area (Å²) in [6.45, 7) is 1.57. The van der Waals surface area contributed by atoms with Crippen LogP contribution in [0.1, 0.15) is 5.56 Å². The molecule has 0 bridgehead atoms. The summed E-state index contributed by atoms with van der Waals surface area (Å²) in [5, 5.41) is 0.0451. The zero-order valence-corrected chi connectivity index (χ0v) is 9.39. The zero-order valence-electron chi connectivity index (χ0n) is 7.82. The molecule has 0 fully saturated rings.